The molecule has 0 bridgehead atoms. The molecular formula is C22H26N4O3S. The minimum absolute atomic E-state index is 0.186. The molecule has 1 aromatic carbocycles. The first-order valence-electron chi connectivity index (χ1n) is 9.87. The minimum atomic E-state index is -0.870. The van der Waals surface area contributed by atoms with Crippen LogP contribution < -0.4 is 10.6 Å². The van der Waals surface area contributed by atoms with E-state index in [2.05, 4.69) is 15.7 Å². The van der Waals surface area contributed by atoms with Crippen molar-refractivity contribution in [1.82, 2.24) is 15.6 Å². The summed E-state index contributed by atoms with van der Waals surface area (Å²) in [6.45, 7) is 3.97. The summed E-state index contributed by atoms with van der Waals surface area (Å²) in [4.78, 5) is 39.4. The maximum absolute atomic E-state index is 13.1. The second-order valence-corrected chi connectivity index (χ2v) is 8.71. The third-order valence-electron chi connectivity index (χ3n) is 4.80. The molecule has 0 saturated carbocycles. The molecule has 3 rings (SSSR count). The lowest BCUT2D eigenvalue weighted by molar-refractivity contribution is -0.136. The van der Waals surface area contributed by atoms with Gasteiger partial charge in [-0.15, -0.1) is 11.3 Å². The van der Waals surface area contributed by atoms with Crippen molar-refractivity contribution >= 4 is 35.3 Å². The number of rotatable bonds is 7. The fraction of sp³-hybridized carbons (Fsp3) is 0.364. The van der Waals surface area contributed by atoms with Crippen LogP contribution in [-0.4, -0.2) is 42.0 Å². The van der Waals surface area contributed by atoms with Crippen LogP contribution in [0.25, 0.3) is 0 Å². The molecule has 2 atom stereocenters. The predicted octanol–water partition coefficient (Wildman–Crippen LogP) is 2.48. The fourth-order valence-electron chi connectivity index (χ4n) is 3.32. The zero-order valence-corrected chi connectivity index (χ0v) is 18.1. The number of benzene rings is 1. The van der Waals surface area contributed by atoms with Gasteiger partial charge in [0.25, 0.3) is 5.91 Å². The Morgan fingerprint density at radius 1 is 1.20 bits per heavy atom. The van der Waals surface area contributed by atoms with E-state index in [4.69, 9.17) is 0 Å². The average molecular weight is 427 g/mol. The van der Waals surface area contributed by atoms with Crippen LogP contribution in [0.3, 0.4) is 0 Å². The van der Waals surface area contributed by atoms with Crippen molar-refractivity contribution in [3.05, 3.63) is 57.8 Å². The highest BCUT2D eigenvalue weighted by Gasteiger charge is 2.32. The highest BCUT2D eigenvalue weighted by Crippen LogP contribution is 2.22. The van der Waals surface area contributed by atoms with E-state index in [1.165, 1.54) is 16.3 Å². The van der Waals surface area contributed by atoms with Crippen LogP contribution in [0, 0.1) is 5.92 Å². The highest BCUT2D eigenvalue weighted by molar-refractivity contribution is 7.10. The van der Waals surface area contributed by atoms with Gasteiger partial charge in [0, 0.05) is 17.5 Å². The van der Waals surface area contributed by atoms with Gasteiger partial charge in [-0.2, -0.15) is 5.10 Å². The van der Waals surface area contributed by atoms with Crippen LogP contribution in [0.5, 0.6) is 0 Å². The van der Waals surface area contributed by atoms with E-state index in [1.807, 2.05) is 49.6 Å². The number of nitrogens with one attached hydrogen (secondary N) is 2. The zero-order valence-electron chi connectivity index (χ0n) is 17.3. The van der Waals surface area contributed by atoms with E-state index in [0.717, 1.165) is 10.4 Å². The number of hydrogen-bond donors (Lipinski definition) is 2. The van der Waals surface area contributed by atoms with Crippen molar-refractivity contribution in [2.24, 2.45) is 11.0 Å². The first kappa shape index (κ1) is 21.7. The molecule has 1 aliphatic heterocycles. The molecule has 8 heteroatoms. The lowest BCUT2D eigenvalue weighted by atomic mass is 9.98. The summed E-state index contributed by atoms with van der Waals surface area (Å²) in [5, 5.41) is 12.9. The number of likely N-dealkylation sites (N-methyl/N-ethyl adjacent to an activating group) is 1. The van der Waals surface area contributed by atoms with Gasteiger partial charge in [0.05, 0.1) is 12.6 Å². The summed E-state index contributed by atoms with van der Waals surface area (Å²) < 4.78 is 0. The summed E-state index contributed by atoms with van der Waals surface area (Å²) in [5.41, 5.74) is 1.44. The van der Waals surface area contributed by atoms with Crippen molar-refractivity contribution < 1.29 is 14.4 Å². The number of thiophene rings is 1. The number of hydrazone groups is 1. The molecule has 0 fully saturated rings. The molecule has 2 aromatic rings. The Morgan fingerprint density at radius 3 is 2.67 bits per heavy atom. The van der Waals surface area contributed by atoms with E-state index in [-0.39, 0.29) is 30.1 Å². The molecule has 1 aliphatic rings. The smallest absolute Gasteiger partial charge is 0.269 e. The number of carbonyl (C=O) groups excluding carboxylic acids is 3. The second kappa shape index (κ2) is 9.67. The monoisotopic (exact) mass is 426 g/mol. The lowest BCUT2D eigenvalue weighted by Crippen LogP contribution is -2.50. The van der Waals surface area contributed by atoms with Crippen LogP contribution >= 0.6 is 11.3 Å². The maximum Gasteiger partial charge on any atom is 0.269 e. The summed E-state index contributed by atoms with van der Waals surface area (Å²) in [6, 6.07) is 9.49. The zero-order chi connectivity index (χ0) is 21.7. The van der Waals surface area contributed by atoms with Gasteiger partial charge < -0.3 is 10.6 Å². The molecule has 2 heterocycles. The Morgan fingerprint density at radius 2 is 1.97 bits per heavy atom. The van der Waals surface area contributed by atoms with E-state index in [1.54, 1.807) is 19.3 Å². The largest absolute Gasteiger partial charge is 0.344 e. The summed E-state index contributed by atoms with van der Waals surface area (Å²) in [7, 11) is 1.55. The number of fused-ring (bicyclic) bond motifs is 1. The Bertz CT molecular complexity index is 940. The third kappa shape index (κ3) is 5.33. The number of nitrogens with zero attached hydrogens (tertiary/aromatic N) is 2. The Kier molecular flexibility index (Phi) is 6.99. The SMILES string of the molecule is CC(C)C[C@H](NC(=O)Cc1cccs1)C(=O)NC1C(=O)N(C)N=Cc2ccccc21. The average Bonchev–Trinajstić information content (AvgIpc) is 3.18. The molecule has 3 amide bonds. The molecule has 7 nitrogen and oxygen atoms in total. The van der Waals surface area contributed by atoms with Gasteiger partial charge in [-0.25, -0.2) is 5.01 Å². The molecule has 0 saturated heterocycles. The molecule has 0 spiro atoms. The number of amides is 3. The molecule has 1 aromatic heterocycles. The number of hydrogen-bond acceptors (Lipinski definition) is 5. The molecule has 0 aliphatic carbocycles. The van der Waals surface area contributed by atoms with E-state index < -0.39 is 12.1 Å². The van der Waals surface area contributed by atoms with Crippen LogP contribution in [0.4, 0.5) is 0 Å². The first-order valence-corrected chi connectivity index (χ1v) is 10.8. The summed E-state index contributed by atoms with van der Waals surface area (Å²) in [5.74, 6) is -0.748. The van der Waals surface area contributed by atoms with Crippen molar-refractivity contribution in [2.45, 2.75) is 38.8 Å². The minimum Gasteiger partial charge on any atom is -0.344 e. The summed E-state index contributed by atoms with van der Waals surface area (Å²) in [6.07, 6.45) is 2.30. The molecule has 1 unspecified atom stereocenters. The van der Waals surface area contributed by atoms with E-state index in [9.17, 15) is 14.4 Å². The molecule has 158 valence electrons. The van der Waals surface area contributed by atoms with Crippen molar-refractivity contribution in [3.63, 3.8) is 0 Å². The Labute approximate surface area is 180 Å². The fourth-order valence-corrected chi connectivity index (χ4v) is 4.02. The predicted molar refractivity (Wildman–Crippen MR) is 117 cm³/mol. The third-order valence-corrected chi connectivity index (χ3v) is 5.68. The normalized spacial score (nSPS) is 16.7. The lowest BCUT2D eigenvalue weighted by Gasteiger charge is -2.25. The van der Waals surface area contributed by atoms with Gasteiger partial charge in [0.1, 0.15) is 12.1 Å². The summed E-state index contributed by atoms with van der Waals surface area (Å²) >= 11 is 1.50. The second-order valence-electron chi connectivity index (χ2n) is 7.68. The Balaban J connectivity index is 1.77. The van der Waals surface area contributed by atoms with E-state index >= 15 is 0 Å². The van der Waals surface area contributed by atoms with Crippen molar-refractivity contribution in [3.8, 4) is 0 Å². The van der Waals surface area contributed by atoms with Gasteiger partial charge in [-0.05, 0) is 29.3 Å². The van der Waals surface area contributed by atoms with Gasteiger partial charge in [0.2, 0.25) is 11.8 Å². The van der Waals surface area contributed by atoms with Crippen molar-refractivity contribution in [1.29, 1.82) is 0 Å². The van der Waals surface area contributed by atoms with Crippen LogP contribution in [-0.2, 0) is 20.8 Å². The number of carbonyl (C=O) groups is 3. The first-order chi connectivity index (χ1) is 14.3. The quantitative estimate of drug-likeness (QED) is 0.713. The van der Waals surface area contributed by atoms with Crippen LogP contribution in [0.15, 0.2) is 46.9 Å². The Hall–Kier alpha value is -3.00. The molecule has 2 N–H and O–H groups in total. The van der Waals surface area contributed by atoms with Gasteiger partial charge >= 0.3 is 0 Å². The van der Waals surface area contributed by atoms with Gasteiger partial charge in [-0.1, -0.05) is 44.2 Å². The van der Waals surface area contributed by atoms with Crippen LogP contribution in [0.2, 0.25) is 0 Å². The standard InChI is InChI=1S/C22H26N4O3S/c1-14(2)11-18(24-19(27)12-16-8-6-10-30-16)21(28)25-20-17-9-5-4-7-15(17)13-23-26(3)22(20)29/h4-10,13-14,18,20H,11-12H2,1-3H3,(H,24,27)(H,25,28)/t18-,20?/m0/s1. The molecular weight excluding hydrogens is 400 g/mol. The topological polar surface area (TPSA) is 90.9 Å². The van der Waals surface area contributed by atoms with Gasteiger partial charge in [0.15, 0.2) is 0 Å². The maximum atomic E-state index is 13.1. The molecule has 30 heavy (non-hydrogen) atoms. The van der Waals surface area contributed by atoms with Gasteiger partial charge in [-0.3, -0.25) is 14.4 Å². The highest BCUT2D eigenvalue weighted by atomic mass is 32.1. The van der Waals surface area contributed by atoms with E-state index in [0.29, 0.717) is 12.0 Å². The van der Waals surface area contributed by atoms with Crippen LogP contribution in [0.1, 0.15) is 42.3 Å². The van der Waals surface area contributed by atoms with Crippen molar-refractivity contribution in [2.75, 3.05) is 7.05 Å². The molecule has 0 radical (unpaired) electrons.